The van der Waals surface area contributed by atoms with Gasteiger partial charge in [-0.3, -0.25) is 4.79 Å². The van der Waals surface area contributed by atoms with Crippen LogP contribution in [0.5, 0.6) is 0 Å². The van der Waals surface area contributed by atoms with Crippen molar-refractivity contribution in [2.45, 2.75) is 31.6 Å². The van der Waals surface area contributed by atoms with E-state index < -0.39 is 23.7 Å². The number of hydrogen-bond acceptors (Lipinski definition) is 1. The van der Waals surface area contributed by atoms with Gasteiger partial charge in [0.05, 0.1) is 0 Å². The molecule has 0 radical (unpaired) electrons. The standard InChI is InChI=1S/C12H12F2O2/c1-7-3-8(2)5-9(4-7)11(10(15)16)6-12(11,13)14/h3-5H,6H2,1-2H3,(H,15,16). The van der Waals surface area contributed by atoms with Crippen LogP contribution in [0.4, 0.5) is 8.78 Å². The topological polar surface area (TPSA) is 37.3 Å². The lowest BCUT2D eigenvalue weighted by Gasteiger charge is -2.13. The number of aliphatic carboxylic acids is 1. The highest BCUT2D eigenvalue weighted by Gasteiger charge is 2.77. The van der Waals surface area contributed by atoms with Gasteiger partial charge in [-0.15, -0.1) is 0 Å². The largest absolute Gasteiger partial charge is 0.480 e. The average Bonchev–Trinajstić information content (AvgIpc) is 2.69. The molecule has 0 aromatic heterocycles. The quantitative estimate of drug-likeness (QED) is 0.841. The lowest BCUT2D eigenvalue weighted by Crippen LogP contribution is -2.27. The number of hydrogen-bond donors (Lipinski definition) is 1. The summed E-state index contributed by atoms with van der Waals surface area (Å²) in [6.07, 6.45) is -0.599. The molecule has 1 fully saturated rings. The first-order valence-corrected chi connectivity index (χ1v) is 4.99. The van der Waals surface area contributed by atoms with E-state index in [4.69, 9.17) is 5.11 Å². The molecule has 1 N–H and O–H groups in total. The molecule has 2 nitrogen and oxygen atoms in total. The summed E-state index contributed by atoms with van der Waals surface area (Å²) in [7, 11) is 0. The first-order valence-electron chi connectivity index (χ1n) is 4.99. The molecule has 1 atom stereocenters. The van der Waals surface area contributed by atoms with Gasteiger partial charge in [-0.05, 0) is 19.4 Å². The van der Waals surface area contributed by atoms with E-state index in [1.165, 1.54) is 12.1 Å². The van der Waals surface area contributed by atoms with Gasteiger partial charge in [0.1, 0.15) is 0 Å². The first-order chi connectivity index (χ1) is 7.29. The molecule has 0 amide bonds. The second-order valence-corrected chi connectivity index (χ2v) is 4.47. The number of alkyl halides is 2. The van der Waals surface area contributed by atoms with Crippen LogP contribution in [0.25, 0.3) is 0 Å². The molecule has 4 heteroatoms. The summed E-state index contributed by atoms with van der Waals surface area (Å²) in [5.74, 6) is -4.57. The van der Waals surface area contributed by atoms with Crippen LogP contribution in [-0.2, 0) is 10.2 Å². The highest BCUT2D eigenvalue weighted by atomic mass is 19.3. The fourth-order valence-electron chi connectivity index (χ4n) is 2.18. The molecule has 1 aromatic rings. The zero-order chi connectivity index (χ0) is 12.1. The zero-order valence-electron chi connectivity index (χ0n) is 9.05. The Balaban J connectivity index is 2.55. The molecule has 86 valence electrons. The van der Waals surface area contributed by atoms with Gasteiger partial charge in [-0.25, -0.2) is 8.78 Å². The van der Waals surface area contributed by atoms with Crippen molar-refractivity contribution in [1.29, 1.82) is 0 Å². The normalized spacial score (nSPS) is 26.5. The monoisotopic (exact) mass is 226 g/mol. The Morgan fingerprint density at radius 2 is 1.69 bits per heavy atom. The van der Waals surface area contributed by atoms with Gasteiger partial charge in [0.2, 0.25) is 0 Å². The maximum absolute atomic E-state index is 13.3. The molecule has 1 aromatic carbocycles. The van der Waals surface area contributed by atoms with Crippen LogP contribution in [0.15, 0.2) is 18.2 Å². The van der Waals surface area contributed by atoms with E-state index in [-0.39, 0.29) is 5.56 Å². The third kappa shape index (κ3) is 1.32. The predicted molar refractivity (Wildman–Crippen MR) is 54.8 cm³/mol. The Morgan fingerprint density at radius 1 is 1.25 bits per heavy atom. The minimum Gasteiger partial charge on any atom is -0.480 e. The van der Waals surface area contributed by atoms with Crippen LogP contribution in [0.2, 0.25) is 0 Å². The Hall–Kier alpha value is -1.45. The average molecular weight is 226 g/mol. The predicted octanol–water partition coefficient (Wildman–Crippen LogP) is 2.66. The van der Waals surface area contributed by atoms with Gasteiger partial charge in [-0.1, -0.05) is 29.3 Å². The number of halogens is 2. The first kappa shape index (κ1) is 11.0. The number of carboxylic acid groups (broad SMARTS) is 1. The van der Waals surface area contributed by atoms with Crippen molar-refractivity contribution in [3.63, 3.8) is 0 Å². The van der Waals surface area contributed by atoms with Gasteiger partial charge in [0.15, 0.2) is 5.41 Å². The molecular formula is C12H12F2O2. The van der Waals surface area contributed by atoms with Gasteiger partial charge in [-0.2, -0.15) is 0 Å². The maximum Gasteiger partial charge on any atom is 0.320 e. The van der Waals surface area contributed by atoms with E-state index in [9.17, 15) is 13.6 Å². The molecular weight excluding hydrogens is 214 g/mol. The summed E-state index contributed by atoms with van der Waals surface area (Å²) in [6, 6.07) is 4.89. The molecule has 1 aliphatic carbocycles. The van der Waals surface area contributed by atoms with E-state index in [2.05, 4.69) is 0 Å². The molecule has 0 aliphatic heterocycles. The van der Waals surface area contributed by atoms with Gasteiger partial charge >= 0.3 is 5.97 Å². The minimum absolute atomic E-state index is 0.211. The van der Waals surface area contributed by atoms with E-state index in [0.29, 0.717) is 0 Å². The summed E-state index contributed by atoms with van der Waals surface area (Å²) in [5.41, 5.74) is -0.178. The van der Waals surface area contributed by atoms with Crippen molar-refractivity contribution in [2.24, 2.45) is 0 Å². The third-order valence-corrected chi connectivity index (χ3v) is 3.07. The molecule has 0 saturated heterocycles. The summed E-state index contributed by atoms with van der Waals surface area (Å²) >= 11 is 0. The number of aryl methyl sites for hydroxylation is 2. The summed E-state index contributed by atoms with van der Waals surface area (Å²) in [4.78, 5) is 11.0. The van der Waals surface area contributed by atoms with Crippen LogP contribution in [-0.4, -0.2) is 17.0 Å². The lowest BCUT2D eigenvalue weighted by atomic mass is 9.92. The van der Waals surface area contributed by atoms with Crippen LogP contribution >= 0.6 is 0 Å². The fraction of sp³-hybridized carbons (Fsp3) is 0.417. The number of benzene rings is 1. The molecule has 1 saturated carbocycles. The molecule has 0 bridgehead atoms. The summed E-state index contributed by atoms with van der Waals surface area (Å²) in [5, 5.41) is 8.99. The number of carboxylic acids is 1. The van der Waals surface area contributed by atoms with Gasteiger partial charge in [0.25, 0.3) is 5.92 Å². The smallest absolute Gasteiger partial charge is 0.320 e. The van der Waals surface area contributed by atoms with Gasteiger partial charge in [0, 0.05) is 6.42 Å². The third-order valence-electron chi connectivity index (χ3n) is 3.07. The molecule has 0 heterocycles. The Labute approximate surface area is 91.9 Å². The summed E-state index contributed by atoms with van der Waals surface area (Å²) < 4.78 is 26.5. The Bertz CT molecular complexity index is 448. The van der Waals surface area contributed by atoms with Crippen molar-refractivity contribution < 1.29 is 18.7 Å². The lowest BCUT2D eigenvalue weighted by molar-refractivity contribution is -0.142. The van der Waals surface area contributed by atoms with Crippen molar-refractivity contribution >= 4 is 5.97 Å². The second-order valence-electron chi connectivity index (χ2n) is 4.47. The van der Waals surface area contributed by atoms with E-state index >= 15 is 0 Å². The Morgan fingerprint density at radius 3 is 2.00 bits per heavy atom. The van der Waals surface area contributed by atoms with Crippen LogP contribution in [0, 0.1) is 13.8 Å². The minimum atomic E-state index is -3.13. The maximum atomic E-state index is 13.3. The fourth-order valence-corrected chi connectivity index (χ4v) is 2.18. The van der Waals surface area contributed by atoms with Crippen molar-refractivity contribution in [2.75, 3.05) is 0 Å². The molecule has 1 unspecified atom stereocenters. The van der Waals surface area contributed by atoms with Crippen molar-refractivity contribution in [3.8, 4) is 0 Å². The van der Waals surface area contributed by atoms with E-state index in [1.54, 1.807) is 13.8 Å². The second kappa shape index (κ2) is 3.03. The highest BCUT2D eigenvalue weighted by molar-refractivity contribution is 5.87. The van der Waals surface area contributed by atoms with Crippen molar-refractivity contribution in [1.82, 2.24) is 0 Å². The van der Waals surface area contributed by atoms with Crippen LogP contribution < -0.4 is 0 Å². The molecule has 16 heavy (non-hydrogen) atoms. The van der Waals surface area contributed by atoms with E-state index in [1.807, 2.05) is 6.07 Å². The van der Waals surface area contributed by atoms with Crippen molar-refractivity contribution in [3.05, 3.63) is 34.9 Å². The molecule has 1 aliphatic rings. The number of carbonyl (C=O) groups is 1. The summed E-state index contributed by atoms with van der Waals surface area (Å²) in [6.45, 7) is 3.54. The molecule has 0 spiro atoms. The molecule has 2 rings (SSSR count). The van der Waals surface area contributed by atoms with E-state index in [0.717, 1.165) is 11.1 Å². The number of rotatable bonds is 2. The zero-order valence-corrected chi connectivity index (χ0v) is 9.05. The Kier molecular flexibility index (Phi) is 2.09. The van der Waals surface area contributed by atoms with Crippen LogP contribution in [0.3, 0.4) is 0 Å². The van der Waals surface area contributed by atoms with Crippen LogP contribution in [0.1, 0.15) is 23.1 Å². The SMILES string of the molecule is Cc1cc(C)cc(C2(C(=O)O)CC2(F)F)c1. The van der Waals surface area contributed by atoms with Gasteiger partial charge < -0.3 is 5.11 Å². The highest BCUT2D eigenvalue weighted by Crippen LogP contribution is 2.61.